The molecule has 0 saturated carbocycles. The average Bonchev–Trinajstić information content (AvgIpc) is 2.89. The van der Waals surface area contributed by atoms with Gasteiger partial charge in [-0.3, -0.25) is 19.3 Å². The van der Waals surface area contributed by atoms with Gasteiger partial charge in [0.2, 0.25) is 5.91 Å². The molecule has 1 heterocycles. The van der Waals surface area contributed by atoms with Crippen molar-refractivity contribution in [3.63, 3.8) is 0 Å². The molecule has 0 unspecified atom stereocenters. The van der Waals surface area contributed by atoms with E-state index in [1.54, 1.807) is 0 Å². The van der Waals surface area contributed by atoms with E-state index in [2.05, 4.69) is 5.32 Å². The number of carbonyl (C=O) groups is 3. The standard InChI is InChI=1S/C17H28N2O3S2.2C2H6/c1-5-18-13(20)10-8-7-9-11-19-16(21)14(23-6-2)15(17(19)22)24-12(3)4;2*1-2/h12H,5-11H2,1-4H3,(H,18,20);2*1-2H3. The zero-order valence-corrected chi connectivity index (χ0v) is 20.6. The van der Waals surface area contributed by atoms with Gasteiger partial charge in [0, 0.05) is 24.8 Å². The molecular weight excluding hydrogens is 392 g/mol. The van der Waals surface area contributed by atoms with Crippen LogP contribution < -0.4 is 5.32 Å². The van der Waals surface area contributed by atoms with E-state index in [0.717, 1.165) is 25.0 Å². The Hall–Kier alpha value is -0.950. The lowest BCUT2D eigenvalue weighted by Gasteiger charge is -2.15. The third kappa shape index (κ3) is 10.6. The molecule has 28 heavy (non-hydrogen) atoms. The van der Waals surface area contributed by atoms with Gasteiger partial charge < -0.3 is 5.32 Å². The highest BCUT2D eigenvalue weighted by atomic mass is 32.2. The molecule has 0 radical (unpaired) electrons. The Morgan fingerprint density at radius 1 is 0.964 bits per heavy atom. The number of unbranched alkanes of at least 4 members (excludes halogenated alkanes) is 2. The summed E-state index contributed by atoms with van der Waals surface area (Å²) in [5.74, 6) is 0.526. The highest BCUT2D eigenvalue weighted by Gasteiger charge is 2.38. The summed E-state index contributed by atoms with van der Waals surface area (Å²) in [5.41, 5.74) is 0. The van der Waals surface area contributed by atoms with Crippen molar-refractivity contribution in [1.29, 1.82) is 0 Å². The van der Waals surface area contributed by atoms with Crippen molar-refractivity contribution in [1.82, 2.24) is 10.2 Å². The molecule has 0 fully saturated rings. The van der Waals surface area contributed by atoms with E-state index in [4.69, 9.17) is 0 Å². The minimum Gasteiger partial charge on any atom is -0.356 e. The van der Waals surface area contributed by atoms with Gasteiger partial charge in [0.05, 0.1) is 9.81 Å². The Bertz CT molecular complexity index is 506. The number of hydrogen-bond donors (Lipinski definition) is 1. The van der Waals surface area contributed by atoms with Crippen molar-refractivity contribution >= 4 is 41.2 Å². The molecule has 0 aliphatic carbocycles. The van der Waals surface area contributed by atoms with Gasteiger partial charge in [0.15, 0.2) is 0 Å². The molecule has 0 aromatic heterocycles. The van der Waals surface area contributed by atoms with Crippen LogP contribution >= 0.6 is 23.5 Å². The van der Waals surface area contributed by atoms with Crippen molar-refractivity contribution in [2.45, 2.75) is 86.3 Å². The number of carbonyl (C=O) groups excluding carboxylic acids is 3. The van der Waals surface area contributed by atoms with E-state index < -0.39 is 0 Å². The van der Waals surface area contributed by atoms with Crippen molar-refractivity contribution < 1.29 is 14.4 Å². The van der Waals surface area contributed by atoms with E-state index in [1.807, 2.05) is 55.4 Å². The molecule has 0 spiro atoms. The lowest BCUT2D eigenvalue weighted by molar-refractivity contribution is -0.137. The fourth-order valence-corrected chi connectivity index (χ4v) is 4.30. The minimum atomic E-state index is -0.154. The zero-order chi connectivity index (χ0) is 22.1. The SMILES string of the molecule is CC.CC.CCNC(=O)CCCCCN1C(=O)C(SCC)=C(SC(C)C)C1=O. The molecule has 5 nitrogen and oxygen atoms in total. The van der Waals surface area contributed by atoms with Gasteiger partial charge in [-0.15, -0.1) is 23.5 Å². The van der Waals surface area contributed by atoms with Gasteiger partial charge in [0.1, 0.15) is 0 Å². The van der Waals surface area contributed by atoms with Crippen LogP contribution in [-0.4, -0.2) is 46.7 Å². The predicted octanol–water partition coefficient (Wildman–Crippen LogP) is 5.21. The topological polar surface area (TPSA) is 66.5 Å². The largest absolute Gasteiger partial charge is 0.356 e. The first kappa shape index (κ1) is 29.3. The molecule has 0 aromatic carbocycles. The smallest absolute Gasteiger partial charge is 0.268 e. The Balaban J connectivity index is 0. The number of nitrogens with zero attached hydrogens (tertiary/aromatic N) is 1. The Kier molecular flexibility index (Phi) is 18.9. The maximum Gasteiger partial charge on any atom is 0.268 e. The third-order valence-electron chi connectivity index (χ3n) is 3.39. The monoisotopic (exact) mass is 432 g/mol. The molecule has 164 valence electrons. The molecule has 3 amide bonds. The maximum absolute atomic E-state index is 12.5. The van der Waals surface area contributed by atoms with Crippen LogP contribution in [0.25, 0.3) is 0 Å². The normalized spacial score (nSPS) is 13.2. The zero-order valence-electron chi connectivity index (χ0n) is 19.0. The molecule has 0 atom stereocenters. The molecule has 1 aliphatic rings. The fourth-order valence-electron chi connectivity index (χ4n) is 2.36. The fraction of sp³-hybridized carbons (Fsp3) is 0.762. The number of hydrogen-bond acceptors (Lipinski definition) is 5. The summed E-state index contributed by atoms with van der Waals surface area (Å²) in [5, 5.41) is 3.03. The number of amides is 3. The lowest BCUT2D eigenvalue weighted by Crippen LogP contribution is -2.32. The van der Waals surface area contributed by atoms with Crippen LogP contribution in [0, 0.1) is 0 Å². The average molecular weight is 433 g/mol. The number of nitrogens with one attached hydrogen (secondary N) is 1. The van der Waals surface area contributed by atoms with Crippen LogP contribution in [0.3, 0.4) is 0 Å². The summed E-state index contributed by atoms with van der Waals surface area (Å²) in [6, 6.07) is 0. The summed E-state index contributed by atoms with van der Waals surface area (Å²) in [6.45, 7) is 17.0. The second-order valence-corrected chi connectivity index (χ2v) is 8.65. The Labute approximate surface area is 180 Å². The lowest BCUT2D eigenvalue weighted by atomic mass is 10.2. The first-order valence-electron chi connectivity index (χ1n) is 10.6. The quantitative estimate of drug-likeness (QED) is 0.358. The second kappa shape index (κ2) is 18.1. The molecule has 1 aliphatic heterocycles. The molecule has 1 rings (SSSR count). The molecule has 0 saturated heterocycles. The number of thioether (sulfide) groups is 2. The van der Waals surface area contributed by atoms with Gasteiger partial charge in [0.25, 0.3) is 11.8 Å². The molecule has 0 aromatic rings. The summed E-state index contributed by atoms with van der Waals surface area (Å²) >= 11 is 2.92. The van der Waals surface area contributed by atoms with Crippen LogP contribution in [-0.2, 0) is 14.4 Å². The molecular formula is C21H40N2O3S2. The maximum atomic E-state index is 12.5. The Morgan fingerprint density at radius 2 is 1.54 bits per heavy atom. The highest BCUT2D eigenvalue weighted by molar-refractivity contribution is 8.08. The number of rotatable bonds is 11. The van der Waals surface area contributed by atoms with E-state index in [9.17, 15) is 14.4 Å². The summed E-state index contributed by atoms with van der Waals surface area (Å²) in [6.07, 6.45) is 2.84. The van der Waals surface area contributed by atoms with E-state index in [1.165, 1.54) is 28.4 Å². The first-order chi connectivity index (χ1) is 13.4. The van der Waals surface area contributed by atoms with Gasteiger partial charge >= 0.3 is 0 Å². The number of imide groups is 1. The molecule has 1 N–H and O–H groups in total. The molecule has 7 heteroatoms. The summed E-state index contributed by atoms with van der Waals surface area (Å²) in [4.78, 5) is 39.0. The molecule has 0 bridgehead atoms. The van der Waals surface area contributed by atoms with Crippen molar-refractivity contribution in [3.05, 3.63) is 9.81 Å². The van der Waals surface area contributed by atoms with E-state index in [0.29, 0.717) is 29.3 Å². The van der Waals surface area contributed by atoms with Crippen molar-refractivity contribution in [3.8, 4) is 0 Å². The predicted molar refractivity (Wildman–Crippen MR) is 124 cm³/mol. The van der Waals surface area contributed by atoms with Crippen LogP contribution in [0.4, 0.5) is 0 Å². The van der Waals surface area contributed by atoms with E-state index >= 15 is 0 Å². The van der Waals surface area contributed by atoms with Crippen LogP contribution in [0.5, 0.6) is 0 Å². The van der Waals surface area contributed by atoms with Gasteiger partial charge in [-0.2, -0.15) is 0 Å². The van der Waals surface area contributed by atoms with Crippen molar-refractivity contribution in [2.75, 3.05) is 18.8 Å². The Morgan fingerprint density at radius 3 is 2.04 bits per heavy atom. The van der Waals surface area contributed by atoms with Gasteiger partial charge in [-0.25, -0.2) is 0 Å². The van der Waals surface area contributed by atoms with Crippen LogP contribution in [0.1, 0.15) is 81.1 Å². The van der Waals surface area contributed by atoms with Crippen molar-refractivity contribution in [2.24, 2.45) is 0 Å². The minimum absolute atomic E-state index is 0.0599. The van der Waals surface area contributed by atoms with Crippen LogP contribution in [0.2, 0.25) is 0 Å². The highest BCUT2D eigenvalue weighted by Crippen LogP contribution is 2.38. The van der Waals surface area contributed by atoms with E-state index in [-0.39, 0.29) is 23.0 Å². The van der Waals surface area contributed by atoms with Gasteiger partial charge in [-0.05, 0) is 25.5 Å². The van der Waals surface area contributed by atoms with Gasteiger partial charge in [-0.1, -0.05) is 54.9 Å². The second-order valence-electron chi connectivity index (χ2n) is 5.78. The third-order valence-corrected chi connectivity index (χ3v) is 5.56. The summed E-state index contributed by atoms with van der Waals surface area (Å²) < 4.78 is 0. The first-order valence-corrected chi connectivity index (χ1v) is 12.4. The summed E-state index contributed by atoms with van der Waals surface area (Å²) in [7, 11) is 0. The van der Waals surface area contributed by atoms with Crippen LogP contribution in [0.15, 0.2) is 9.81 Å².